The van der Waals surface area contributed by atoms with Crippen LogP contribution in [0.15, 0.2) is 60.3 Å². The highest BCUT2D eigenvalue weighted by molar-refractivity contribution is 6.36. The predicted molar refractivity (Wildman–Crippen MR) is 92.8 cm³/mol. The van der Waals surface area contributed by atoms with Crippen LogP contribution in [0.3, 0.4) is 0 Å². The summed E-state index contributed by atoms with van der Waals surface area (Å²) in [5, 5.41) is 2.78. The van der Waals surface area contributed by atoms with E-state index in [0.717, 1.165) is 0 Å². The van der Waals surface area contributed by atoms with Crippen molar-refractivity contribution in [2.24, 2.45) is 0 Å². The Morgan fingerprint density at radius 3 is 2.15 bits per heavy atom. The molecule has 1 aliphatic heterocycles. The maximum Gasteiger partial charge on any atom is 0.406 e. The van der Waals surface area contributed by atoms with Crippen LogP contribution in [-0.4, -0.2) is 36.5 Å². The van der Waals surface area contributed by atoms with Crippen molar-refractivity contribution in [3.05, 3.63) is 65.9 Å². The maximum absolute atomic E-state index is 12.8. The number of benzene rings is 2. The smallest absolute Gasteiger partial charge is 0.406 e. The largest absolute Gasteiger partial charge is 0.497 e. The lowest BCUT2D eigenvalue weighted by atomic mass is 10.0. The molecule has 140 valence electrons. The summed E-state index contributed by atoms with van der Waals surface area (Å²) >= 11 is 0. The Morgan fingerprint density at radius 2 is 1.59 bits per heavy atom. The number of ether oxygens (including phenoxy) is 1. The van der Waals surface area contributed by atoms with Gasteiger partial charge in [0.15, 0.2) is 0 Å². The zero-order valence-electron chi connectivity index (χ0n) is 14.2. The van der Waals surface area contributed by atoms with Crippen LogP contribution < -0.4 is 10.1 Å². The molecule has 0 spiro atoms. The Labute approximate surface area is 153 Å². The third-order valence-corrected chi connectivity index (χ3v) is 3.93. The van der Waals surface area contributed by atoms with Crippen molar-refractivity contribution in [2.75, 3.05) is 19.0 Å². The van der Waals surface area contributed by atoms with Gasteiger partial charge in [-0.3, -0.25) is 14.5 Å². The van der Waals surface area contributed by atoms with Gasteiger partial charge in [-0.2, -0.15) is 13.2 Å². The molecule has 8 heteroatoms. The van der Waals surface area contributed by atoms with Crippen LogP contribution in [0.1, 0.15) is 5.56 Å². The number of hydrogen-bond acceptors (Lipinski definition) is 4. The second kappa shape index (κ2) is 7.14. The summed E-state index contributed by atoms with van der Waals surface area (Å²) in [6.45, 7) is -1.64. The highest BCUT2D eigenvalue weighted by Gasteiger charge is 2.44. The molecule has 0 bridgehead atoms. The van der Waals surface area contributed by atoms with Crippen molar-refractivity contribution in [3.8, 4) is 5.75 Å². The number of nitrogens with one attached hydrogen (secondary N) is 1. The molecule has 1 aliphatic rings. The summed E-state index contributed by atoms with van der Waals surface area (Å²) in [6, 6.07) is 14.5. The first-order chi connectivity index (χ1) is 12.8. The Hall–Kier alpha value is -3.29. The number of alkyl halides is 3. The highest BCUT2D eigenvalue weighted by atomic mass is 19.4. The van der Waals surface area contributed by atoms with Gasteiger partial charge in [-0.05, 0) is 29.8 Å². The molecule has 5 nitrogen and oxygen atoms in total. The van der Waals surface area contributed by atoms with E-state index in [9.17, 15) is 22.8 Å². The fourth-order valence-electron chi connectivity index (χ4n) is 2.71. The normalized spacial score (nSPS) is 14.7. The molecule has 1 heterocycles. The van der Waals surface area contributed by atoms with Crippen LogP contribution in [0.5, 0.6) is 5.75 Å². The van der Waals surface area contributed by atoms with Gasteiger partial charge in [0.05, 0.1) is 12.7 Å². The zero-order valence-corrected chi connectivity index (χ0v) is 14.2. The summed E-state index contributed by atoms with van der Waals surface area (Å²) in [6.07, 6.45) is -4.69. The molecule has 27 heavy (non-hydrogen) atoms. The minimum Gasteiger partial charge on any atom is -0.497 e. The average Bonchev–Trinajstić information content (AvgIpc) is 2.86. The maximum atomic E-state index is 12.8. The number of carbonyl (C=O) groups is 2. The standard InChI is InChI=1S/C19H15F3N2O3/c1-27-14-9-7-13(8-10-14)23-16-15(12-5-3-2-4-6-12)17(25)24(18(16)26)11-19(20,21)22/h2-10,23H,11H2,1H3. The van der Waals surface area contributed by atoms with E-state index in [2.05, 4.69) is 5.32 Å². The van der Waals surface area contributed by atoms with E-state index in [1.807, 2.05) is 0 Å². The third kappa shape index (κ3) is 3.94. The van der Waals surface area contributed by atoms with E-state index in [1.165, 1.54) is 7.11 Å². The van der Waals surface area contributed by atoms with Crippen LogP contribution in [0, 0.1) is 0 Å². The van der Waals surface area contributed by atoms with E-state index >= 15 is 0 Å². The molecule has 0 fully saturated rings. The number of carbonyl (C=O) groups excluding carboxylic acids is 2. The van der Waals surface area contributed by atoms with Crippen LogP contribution in [0.2, 0.25) is 0 Å². The van der Waals surface area contributed by atoms with Gasteiger partial charge in [0.2, 0.25) is 0 Å². The molecule has 3 rings (SSSR count). The number of amides is 2. The molecule has 0 saturated carbocycles. The number of imide groups is 1. The lowest BCUT2D eigenvalue weighted by molar-refractivity contribution is -0.164. The molecule has 0 aromatic heterocycles. The van der Waals surface area contributed by atoms with Crippen molar-refractivity contribution in [1.82, 2.24) is 4.90 Å². The van der Waals surface area contributed by atoms with Crippen LogP contribution in [-0.2, 0) is 9.59 Å². The zero-order chi connectivity index (χ0) is 19.6. The first-order valence-electron chi connectivity index (χ1n) is 7.94. The Bertz CT molecular complexity index is 891. The molecule has 0 saturated heterocycles. The Morgan fingerprint density at radius 1 is 0.963 bits per heavy atom. The summed E-state index contributed by atoms with van der Waals surface area (Å²) in [7, 11) is 1.49. The van der Waals surface area contributed by atoms with E-state index in [4.69, 9.17) is 4.74 Å². The van der Waals surface area contributed by atoms with Gasteiger partial charge in [-0.1, -0.05) is 30.3 Å². The number of rotatable bonds is 5. The average molecular weight is 376 g/mol. The van der Waals surface area contributed by atoms with Crippen molar-refractivity contribution in [1.29, 1.82) is 0 Å². The summed E-state index contributed by atoms with van der Waals surface area (Å²) in [5.74, 6) is -1.43. The van der Waals surface area contributed by atoms with E-state index < -0.39 is 24.5 Å². The molecular weight excluding hydrogens is 361 g/mol. The second-order valence-corrected chi connectivity index (χ2v) is 5.78. The minimum atomic E-state index is -4.69. The first kappa shape index (κ1) is 18.5. The Balaban J connectivity index is 2.01. The fraction of sp³-hybridized carbons (Fsp3) is 0.158. The highest BCUT2D eigenvalue weighted by Crippen LogP contribution is 2.32. The van der Waals surface area contributed by atoms with Gasteiger partial charge in [-0.15, -0.1) is 0 Å². The van der Waals surface area contributed by atoms with E-state index in [1.54, 1.807) is 54.6 Å². The van der Waals surface area contributed by atoms with Crippen molar-refractivity contribution in [3.63, 3.8) is 0 Å². The van der Waals surface area contributed by atoms with Crippen LogP contribution >= 0.6 is 0 Å². The van der Waals surface area contributed by atoms with E-state index in [0.29, 0.717) is 17.0 Å². The first-order valence-corrected chi connectivity index (χ1v) is 7.94. The quantitative estimate of drug-likeness (QED) is 0.812. The molecular formula is C19H15F3N2O3. The van der Waals surface area contributed by atoms with Crippen LogP contribution in [0.25, 0.3) is 5.57 Å². The van der Waals surface area contributed by atoms with Crippen molar-refractivity contribution < 1.29 is 27.5 Å². The molecule has 2 amide bonds. The van der Waals surface area contributed by atoms with Gasteiger partial charge in [0.1, 0.15) is 18.0 Å². The van der Waals surface area contributed by atoms with Gasteiger partial charge in [-0.25, -0.2) is 0 Å². The third-order valence-electron chi connectivity index (χ3n) is 3.93. The lowest BCUT2D eigenvalue weighted by Gasteiger charge is -2.17. The van der Waals surface area contributed by atoms with Gasteiger partial charge in [0, 0.05) is 5.69 Å². The molecule has 1 N–H and O–H groups in total. The lowest BCUT2D eigenvalue weighted by Crippen LogP contribution is -2.40. The Kier molecular flexibility index (Phi) is 4.89. The predicted octanol–water partition coefficient (Wildman–Crippen LogP) is 3.45. The molecule has 0 radical (unpaired) electrons. The van der Waals surface area contributed by atoms with Crippen LogP contribution in [0.4, 0.5) is 18.9 Å². The number of nitrogens with zero attached hydrogens (tertiary/aromatic N) is 1. The molecule has 0 aliphatic carbocycles. The SMILES string of the molecule is COc1ccc(NC2=C(c3ccccc3)C(=O)N(CC(F)(F)F)C2=O)cc1. The van der Waals surface area contributed by atoms with Gasteiger partial charge in [0.25, 0.3) is 11.8 Å². The topological polar surface area (TPSA) is 58.6 Å². The van der Waals surface area contributed by atoms with E-state index in [-0.39, 0.29) is 16.2 Å². The van der Waals surface area contributed by atoms with Crippen molar-refractivity contribution in [2.45, 2.75) is 6.18 Å². The summed E-state index contributed by atoms with van der Waals surface area (Å²) in [5.41, 5.74) is 0.507. The van der Waals surface area contributed by atoms with Gasteiger partial charge < -0.3 is 10.1 Å². The minimum absolute atomic E-state index is 0.0966. The van der Waals surface area contributed by atoms with Crippen molar-refractivity contribution >= 4 is 23.1 Å². The number of halogens is 3. The monoisotopic (exact) mass is 376 g/mol. The fourth-order valence-corrected chi connectivity index (χ4v) is 2.71. The number of hydrogen-bond donors (Lipinski definition) is 1. The van der Waals surface area contributed by atoms with Gasteiger partial charge >= 0.3 is 6.18 Å². The number of methoxy groups -OCH3 is 1. The molecule has 2 aromatic rings. The molecule has 2 aromatic carbocycles. The summed E-state index contributed by atoms with van der Waals surface area (Å²) in [4.78, 5) is 25.3. The molecule has 0 atom stereocenters. The second-order valence-electron chi connectivity index (χ2n) is 5.78. The summed E-state index contributed by atoms with van der Waals surface area (Å²) < 4.78 is 43.5. The molecule has 0 unspecified atom stereocenters. The number of anilines is 1.